The molecule has 0 aliphatic heterocycles. The van der Waals surface area contributed by atoms with Crippen molar-refractivity contribution >= 4 is 22.7 Å². The van der Waals surface area contributed by atoms with E-state index in [1.807, 2.05) is 42.5 Å². The van der Waals surface area contributed by atoms with Crippen molar-refractivity contribution in [2.75, 3.05) is 13.2 Å². The zero-order valence-corrected chi connectivity index (χ0v) is 12.4. The molecule has 2 aromatic carbocycles. The number of hydrogen-bond acceptors (Lipinski definition) is 4. The molecule has 0 saturated carbocycles. The second kappa shape index (κ2) is 7.79. The Hall–Kier alpha value is -3.08. The predicted octanol–water partition coefficient (Wildman–Crippen LogP) is 2.96. The molecule has 1 N–H and O–H groups in total. The standard InChI is InChI=1S/C18H16O5/c1-13(6-9-17(19)20)18(21)23-11-10-22-16-8-7-14-4-2-3-5-15(14)12-16/h2-9,12H,1,10-11H2,(H,19,20). The summed E-state index contributed by atoms with van der Waals surface area (Å²) in [5.74, 6) is -1.15. The van der Waals surface area contributed by atoms with Gasteiger partial charge < -0.3 is 14.6 Å². The van der Waals surface area contributed by atoms with E-state index in [-0.39, 0.29) is 18.8 Å². The molecule has 5 heteroatoms. The van der Waals surface area contributed by atoms with E-state index in [0.717, 1.165) is 22.9 Å². The number of carbonyl (C=O) groups excluding carboxylic acids is 1. The fourth-order valence-electron chi connectivity index (χ4n) is 1.88. The molecular formula is C18H16O5. The van der Waals surface area contributed by atoms with Crippen LogP contribution in [0.2, 0.25) is 0 Å². The molecule has 2 aromatic rings. The van der Waals surface area contributed by atoms with E-state index in [0.29, 0.717) is 5.75 Å². The highest BCUT2D eigenvalue weighted by molar-refractivity contribution is 5.93. The number of carboxylic acid groups (broad SMARTS) is 1. The fourth-order valence-corrected chi connectivity index (χ4v) is 1.88. The zero-order valence-electron chi connectivity index (χ0n) is 12.4. The minimum atomic E-state index is -1.15. The number of carboxylic acids is 1. The zero-order chi connectivity index (χ0) is 16.7. The first-order valence-corrected chi connectivity index (χ1v) is 6.95. The molecule has 0 spiro atoms. The van der Waals surface area contributed by atoms with Crippen LogP contribution in [0.15, 0.2) is 66.8 Å². The van der Waals surface area contributed by atoms with Crippen LogP contribution >= 0.6 is 0 Å². The third-order valence-corrected chi connectivity index (χ3v) is 3.00. The molecule has 23 heavy (non-hydrogen) atoms. The van der Waals surface area contributed by atoms with Crippen molar-refractivity contribution < 1.29 is 24.2 Å². The second-order valence-corrected chi connectivity index (χ2v) is 4.69. The highest BCUT2D eigenvalue weighted by Gasteiger charge is 2.06. The van der Waals surface area contributed by atoms with Crippen molar-refractivity contribution in [1.29, 1.82) is 0 Å². The van der Waals surface area contributed by atoms with Crippen molar-refractivity contribution in [1.82, 2.24) is 0 Å². The summed E-state index contributed by atoms with van der Waals surface area (Å²) in [7, 11) is 0. The van der Waals surface area contributed by atoms with Gasteiger partial charge in [-0.2, -0.15) is 0 Å². The summed E-state index contributed by atoms with van der Waals surface area (Å²) in [6.45, 7) is 3.67. The number of carbonyl (C=O) groups is 2. The van der Waals surface area contributed by atoms with Crippen LogP contribution in [0.3, 0.4) is 0 Å². The number of ether oxygens (including phenoxy) is 2. The van der Waals surface area contributed by atoms with E-state index < -0.39 is 11.9 Å². The molecule has 0 saturated heterocycles. The molecule has 0 aromatic heterocycles. The molecule has 2 rings (SSSR count). The smallest absolute Gasteiger partial charge is 0.337 e. The lowest BCUT2D eigenvalue weighted by molar-refractivity contribution is -0.139. The topological polar surface area (TPSA) is 72.8 Å². The van der Waals surface area contributed by atoms with Crippen LogP contribution < -0.4 is 4.74 Å². The number of rotatable bonds is 7. The summed E-state index contributed by atoms with van der Waals surface area (Å²) in [5, 5.41) is 10.6. The van der Waals surface area contributed by atoms with Crippen molar-refractivity contribution in [3.8, 4) is 5.75 Å². The molecule has 0 aliphatic carbocycles. The highest BCUT2D eigenvalue weighted by Crippen LogP contribution is 2.20. The van der Waals surface area contributed by atoms with Crippen LogP contribution in [-0.2, 0) is 14.3 Å². The lowest BCUT2D eigenvalue weighted by atomic mass is 10.1. The van der Waals surface area contributed by atoms with Gasteiger partial charge in [0.15, 0.2) is 0 Å². The minimum absolute atomic E-state index is 0.0295. The number of esters is 1. The Morgan fingerprint density at radius 2 is 1.78 bits per heavy atom. The molecule has 0 heterocycles. The van der Waals surface area contributed by atoms with Gasteiger partial charge in [-0.3, -0.25) is 0 Å². The number of aliphatic carboxylic acids is 1. The number of fused-ring (bicyclic) bond motifs is 1. The van der Waals surface area contributed by atoms with E-state index in [1.54, 1.807) is 0 Å². The monoisotopic (exact) mass is 312 g/mol. The molecule has 0 aliphatic rings. The first kappa shape index (κ1) is 16.3. The van der Waals surface area contributed by atoms with E-state index in [4.69, 9.17) is 14.6 Å². The molecule has 0 atom stereocenters. The van der Waals surface area contributed by atoms with E-state index in [9.17, 15) is 9.59 Å². The summed E-state index contributed by atoms with van der Waals surface area (Å²) in [6, 6.07) is 13.6. The van der Waals surface area contributed by atoms with Crippen LogP contribution in [0.4, 0.5) is 0 Å². The third kappa shape index (κ3) is 5.00. The maximum absolute atomic E-state index is 11.5. The molecule has 0 radical (unpaired) electrons. The average molecular weight is 312 g/mol. The molecule has 0 amide bonds. The molecule has 0 fully saturated rings. The maximum Gasteiger partial charge on any atom is 0.337 e. The Kier molecular flexibility index (Phi) is 5.52. The predicted molar refractivity (Wildman–Crippen MR) is 86.3 cm³/mol. The molecule has 5 nitrogen and oxygen atoms in total. The fraction of sp³-hybridized carbons (Fsp3) is 0.111. The average Bonchev–Trinajstić information content (AvgIpc) is 2.56. The van der Waals surface area contributed by atoms with Gasteiger partial charge in [0.1, 0.15) is 19.0 Å². The van der Waals surface area contributed by atoms with Gasteiger partial charge >= 0.3 is 11.9 Å². The van der Waals surface area contributed by atoms with Gasteiger partial charge in [-0.15, -0.1) is 0 Å². The largest absolute Gasteiger partial charge is 0.490 e. The van der Waals surface area contributed by atoms with Crippen molar-refractivity contribution in [2.24, 2.45) is 0 Å². The quantitative estimate of drug-likeness (QED) is 0.368. The lowest BCUT2D eigenvalue weighted by Gasteiger charge is -2.08. The summed E-state index contributed by atoms with van der Waals surface area (Å²) >= 11 is 0. The first-order chi connectivity index (χ1) is 11.1. The van der Waals surface area contributed by atoms with E-state index in [2.05, 4.69) is 6.58 Å². The van der Waals surface area contributed by atoms with Crippen molar-refractivity contribution in [2.45, 2.75) is 0 Å². The molecule has 0 bridgehead atoms. The van der Waals surface area contributed by atoms with E-state index >= 15 is 0 Å². The van der Waals surface area contributed by atoms with Crippen LogP contribution in [0.5, 0.6) is 5.75 Å². The van der Waals surface area contributed by atoms with Crippen LogP contribution in [0.25, 0.3) is 10.8 Å². The van der Waals surface area contributed by atoms with Crippen LogP contribution in [-0.4, -0.2) is 30.3 Å². The minimum Gasteiger partial charge on any atom is -0.490 e. The Balaban J connectivity index is 1.79. The third-order valence-electron chi connectivity index (χ3n) is 3.00. The van der Waals surface area contributed by atoms with E-state index in [1.165, 1.54) is 0 Å². The number of benzene rings is 2. The van der Waals surface area contributed by atoms with Gasteiger partial charge in [0, 0.05) is 6.08 Å². The summed E-state index contributed by atoms with van der Waals surface area (Å²) in [6.07, 6.45) is 1.92. The Morgan fingerprint density at radius 1 is 1.04 bits per heavy atom. The maximum atomic E-state index is 11.5. The normalized spacial score (nSPS) is 10.6. The van der Waals surface area contributed by atoms with Crippen molar-refractivity contribution in [3.05, 3.63) is 66.8 Å². The Labute approximate surface area is 133 Å². The SMILES string of the molecule is C=C(C=CC(=O)O)C(=O)OCCOc1ccc2ccccc2c1. The van der Waals surface area contributed by atoms with Gasteiger partial charge in [0.25, 0.3) is 0 Å². The van der Waals surface area contributed by atoms with Crippen LogP contribution in [0.1, 0.15) is 0 Å². The summed E-state index contributed by atoms with van der Waals surface area (Å²) < 4.78 is 10.5. The highest BCUT2D eigenvalue weighted by atomic mass is 16.6. The van der Waals surface area contributed by atoms with Crippen LogP contribution in [0, 0.1) is 0 Å². The van der Waals surface area contributed by atoms with Gasteiger partial charge in [-0.25, -0.2) is 9.59 Å². The Bertz CT molecular complexity index is 761. The van der Waals surface area contributed by atoms with Gasteiger partial charge in [0.2, 0.25) is 0 Å². The van der Waals surface area contributed by atoms with Gasteiger partial charge in [-0.05, 0) is 29.0 Å². The first-order valence-electron chi connectivity index (χ1n) is 6.95. The molecule has 0 unspecified atom stereocenters. The van der Waals surface area contributed by atoms with Crippen molar-refractivity contribution in [3.63, 3.8) is 0 Å². The number of hydrogen-bond donors (Lipinski definition) is 1. The molecular weight excluding hydrogens is 296 g/mol. The van der Waals surface area contributed by atoms with Gasteiger partial charge in [-0.1, -0.05) is 36.9 Å². The summed E-state index contributed by atoms with van der Waals surface area (Å²) in [5.41, 5.74) is -0.0295. The summed E-state index contributed by atoms with van der Waals surface area (Å²) in [4.78, 5) is 21.9. The second-order valence-electron chi connectivity index (χ2n) is 4.69. The lowest BCUT2D eigenvalue weighted by Crippen LogP contribution is -2.13. The van der Waals surface area contributed by atoms with Gasteiger partial charge in [0.05, 0.1) is 5.57 Å². The Morgan fingerprint density at radius 3 is 2.52 bits per heavy atom. The molecule has 118 valence electrons.